The van der Waals surface area contributed by atoms with Gasteiger partial charge in [0.05, 0.1) is 6.10 Å². The maximum Gasteiger partial charge on any atom is 0.119 e. The van der Waals surface area contributed by atoms with Crippen molar-refractivity contribution in [1.82, 2.24) is 0 Å². The molecule has 0 aliphatic heterocycles. The molecule has 0 saturated heterocycles. The second-order valence-corrected chi connectivity index (χ2v) is 5.18. The molecule has 2 unspecified atom stereocenters. The van der Waals surface area contributed by atoms with E-state index in [2.05, 4.69) is 52.0 Å². The predicted octanol–water partition coefficient (Wildman–Crippen LogP) is 5.55. The molecule has 0 aliphatic carbocycles. The lowest BCUT2D eigenvalue weighted by Crippen LogP contribution is -2.10. The molecule has 0 aliphatic rings. The van der Waals surface area contributed by atoms with E-state index in [9.17, 15) is 0 Å². The molecule has 18 heavy (non-hydrogen) atoms. The molecule has 0 radical (unpaired) electrons. The number of benzene rings is 1. The van der Waals surface area contributed by atoms with E-state index < -0.39 is 0 Å². The minimum Gasteiger partial charge on any atom is -0.491 e. The van der Waals surface area contributed by atoms with Gasteiger partial charge in [-0.05, 0) is 49.8 Å². The average Bonchev–Trinajstić information content (AvgIpc) is 2.37. The van der Waals surface area contributed by atoms with Gasteiger partial charge < -0.3 is 4.74 Å². The SMILES string of the molecule is CCCC(C)Oc1ccc(C(CC)CCC)cc1. The molecule has 0 amide bonds. The van der Waals surface area contributed by atoms with E-state index in [0.717, 1.165) is 12.2 Å². The van der Waals surface area contributed by atoms with Crippen molar-refractivity contribution in [2.75, 3.05) is 0 Å². The van der Waals surface area contributed by atoms with E-state index in [0.29, 0.717) is 12.0 Å². The van der Waals surface area contributed by atoms with Crippen LogP contribution in [-0.4, -0.2) is 6.10 Å². The Balaban J connectivity index is 2.61. The molecule has 0 heterocycles. The van der Waals surface area contributed by atoms with Crippen molar-refractivity contribution in [3.8, 4) is 5.75 Å². The Morgan fingerprint density at radius 2 is 1.56 bits per heavy atom. The zero-order chi connectivity index (χ0) is 13.4. The van der Waals surface area contributed by atoms with Crippen LogP contribution in [0.1, 0.15) is 71.3 Å². The number of hydrogen-bond donors (Lipinski definition) is 0. The van der Waals surface area contributed by atoms with E-state index in [1.54, 1.807) is 0 Å². The first kappa shape index (κ1) is 15.1. The van der Waals surface area contributed by atoms with Gasteiger partial charge in [0.2, 0.25) is 0 Å². The van der Waals surface area contributed by atoms with Crippen LogP contribution in [0, 0.1) is 0 Å². The summed E-state index contributed by atoms with van der Waals surface area (Å²) in [5.74, 6) is 1.71. The van der Waals surface area contributed by atoms with Gasteiger partial charge in [-0.2, -0.15) is 0 Å². The van der Waals surface area contributed by atoms with Crippen molar-refractivity contribution in [1.29, 1.82) is 0 Å². The van der Waals surface area contributed by atoms with Crippen LogP contribution < -0.4 is 4.74 Å². The van der Waals surface area contributed by atoms with E-state index >= 15 is 0 Å². The van der Waals surface area contributed by atoms with Gasteiger partial charge in [0, 0.05) is 0 Å². The zero-order valence-corrected chi connectivity index (χ0v) is 12.4. The third-order valence-corrected chi connectivity index (χ3v) is 3.51. The fourth-order valence-corrected chi connectivity index (χ4v) is 2.47. The molecule has 1 rings (SSSR count). The lowest BCUT2D eigenvalue weighted by atomic mass is 9.92. The Bertz CT molecular complexity index is 315. The Labute approximate surface area is 113 Å². The first-order valence-corrected chi connectivity index (χ1v) is 7.47. The predicted molar refractivity (Wildman–Crippen MR) is 79.4 cm³/mol. The second-order valence-electron chi connectivity index (χ2n) is 5.18. The minimum absolute atomic E-state index is 0.318. The molecule has 0 N–H and O–H groups in total. The first-order valence-electron chi connectivity index (χ1n) is 7.47. The summed E-state index contributed by atoms with van der Waals surface area (Å²) < 4.78 is 5.88. The summed E-state index contributed by atoms with van der Waals surface area (Å²) in [6, 6.07) is 8.72. The largest absolute Gasteiger partial charge is 0.491 e. The Morgan fingerprint density at radius 3 is 2.06 bits per heavy atom. The summed E-state index contributed by atoms with van der Waals surface area (Å²) in [6.07, 6.45) is 6.37. The first-order chi connectivity index (χ1) is 8.71. The molecule has 0 fully saturated rings. The van der Waals surface area contributed by atoms with Gasteiger partial charge in [-0.25, -0.2) is 0 Å². The summed E-state index contributed by atoms with van der Waals surface area (Å²) in [5, 5.41) is 0. The quantitative estimate of drug-likeness (QED) is 0.586. The van der Waals surface area contributed by atoms with Gasteiger partial charge in [0.25, 0.3) is 0 Å². The molecule has 1 nitrogen and oxygen atoms in total. The van der Waals surface area contributed by atoms with Crippen molar-refractivity contribution < 1.29 is 4.74 Å². The lowest BCUT2D eigenvalue weighted by molar-refractivity contribution is 0.210. The highest BCUT2D eigenvalue weighted by atomic mass is 16.5. The van der Waals surface area contributed by atoms with Gasteiger partial charge in [0.1, 0.15) is 5.75 Å². The molecule has 0 saturated carbocycles. The maximum absolute atomic E-state index is 5.88. The third-order valence-electron chi connectivity index (χ3n) is 3.51. The fraction of sp³-hybridized carbons (Fsp3) is 0.647. The number of rotatable bonds is 8. The molecule has 0 aromatic heterocycles. The summed E-state index contributed by atoms with van der Waals surface area (Å²) in [4.78, 5) is 0. The molecule has 102 valence electrons. The monoisotopic (exact) mass is 248 g/mol. The average molecular weight is 248 g/mol. The standard InChI is InChI=1S/C17H28O/c1-5-8-14(4)18-17-12-10-16(11-13-17)15(7-3)9-6-2/h10-15H,5-9H2,1-4H3. The summed E-state index contributed by atoms with van der Waals surface area (Å²) >= 11 is 0. The highest BCUT2D eigenvalue weighted by Crippen LogP contribution is 2.26. The fourth-order valence-electron chi connectivity index (χ4n) is 2.47. The van der Waals surface area contributed by atoms with E-state index in [-0.39, 0.29) is 0 Å². The van der Waals surface area contributed by atoms with Gasteiger partial charge in [-0.3, -0.25) is 0 Å². The van der Waals surface area contributed by atoms with E-state index in [1.165, 1.54) is 31.2 Å². The van der Waals surface area contributed by atoms with Crippen molar-refractivity contribution in [2.24, 2.45) is 0 Å². The molecule has 0 bridgehead atoms. The normalized spacial score (nSPS) is 14.2. The lowest BCUT2D eigenvalue weighted by Gasteiger charge is -2.17. The van der Waals surface area contributed by atoms with Gasteiger partial charge in [-0.1, -0.05) is 45.7 Å². The van der Waals surface area contributed by atoms with Crippen LogP contribution in [-0.2, 0) is 0 Å². The molecular weight excluding hydrogens is 220 g/mol. The maximum atomic E-state index is 5.88. The van der Waals surface area contributed by atoms with Crippen LogP contribution in [0.2, 0.25) is 0 Å². The molecule has 1 aromatic rings. The topological polar surface area (TPSA) is 9.23 Å². The van der Waals surface area contributed by atoms with Crippen LogP contribution in [0.4, 0.5) is 0 Å². The van der Waals surface area contributed by atoms with Crippen molar-refractivity contribution >= 4 is 0 Å². The Kier molecular flexibility index (Phi) is 6.85. The van der Waals surface area contributed by atoms with E-state index in [4.69, 9.17) is 4.74 Å². The molecule has 2 atom stereocenters. The van der Waals surface area contributed by atoms with Crippen molar-refractivity contribution in [3.05, 3.63) is 29.8 Å². The molecular formula is C17H28O. The minimum atomic E-state index is 0.318. The van der Waals surface area contributed by atoms with Crippen LogP contribution in [0.3, 0.4) is 0 Å². The van der Waals surface area contributed by atoms with Crippen LogP contribution >= 0.6 is 0 Å². The van der Waals surface area contributed by atoms with Crippen molar-refractivity contribution in [2.45, 2.75) is 71.8 Å². The molecule has 1 heteroatoms. The van der Waals surface area contributed by atoms with Crippen LogP contribution in [0.25, 0.3) is 0 Å². The third kappa shape index (κ3) is 4.72. The Morgan fingerprint density at radius 1 is 0.944 bits per heavy atom. The van der Waals surface area contributed by atoms with Crippen molar-refractivity contribution in [3.63, 3.8) is 0 Å². The number of hydrogen-bond acceptors (Lipinski definition) is 1. The highest BCUT2D eigenvalue weighted by Gasteiger charge is 2.09. The number of ether oxygens (including phenoxy) is 1. The summed E-state index contributed by atoms with van der Waals surface area (Å²) in [7, 11) is 0. The molecule has 1 aromatic carbocycles. The second kappa shape index (κ2) is 8.18. The van der Waals surface area contributed by atoms with Crippen LogP contribution in [0.5, 0.6) is 5.75 Å². The van der Waals surface area contributed by atoms with Gasteiger partial charge >= 0.3 is 0 Å². The Hall–Kier alpha value is -0.980. The van der Waals surface area contributed by atoms with Gasteiger partial charge in [0.15, 0.2) is 0 Å². The summed E-state index contributed by atoms with van der Waals surface area (Å²) in [6.45, 7) is 8.86. The van der Waals surface area contributed by atoms with E-state index in [1.807, 2.05) is 0 Å². The molecule has 0 spiro atoms. The van der Waals surface area contributed by atoms with Gasteiger partial charge in [-0.15, -0.1) is 0 Å². The zero-order valence-electron chi connectivity index (χ0n) is 12.4. The van der Waals surface area contributed by atoms with Crippen LogP contribution in [0.15, 0.2) is 24.3 Å². The summed E-state index contributed by atoms with van der Waals surface area (Å²) in [5.41, 5.74) is 1.45. The highest BCUT2D eigenvalue weighted by molar-refractivity contribution is 5.29. The smallest absolute Gasteiger partial charge is 0.119 e.